The van der Waals surface area contributed by atoms with E-state index in [1.807, 2.05) is 20.8 Å². The second kappa shape index (κ2) is 7.08. The molecule has 0 bridgehead atoms. The Morgan fingerprint density at radius 2 is 2.04 bits per heavy atom. The van der Waals surface area contributed by atoms with E-state index in [9.17, 15) is 19.8 Å². The molecule has 9 heteroatoms. The highest BCUT2D eigenvalue weighted by Gasteiger charge is 2.27. The molecule has 2 heterocycles. The first-order valence-electron chi connectivity index (χ1n) is 8.38. The van der Waals surface area contributed by atoms with Crippen LogP contribution in [0.5, 0.6) is 0 Å². The van der Waals surface area contributed by atoms with Crippen LogP contribution in [0.4, 0.5) is 21.7 Å². The van der Waals surface area contributed by atoms with Crippen LogP contribution in [0.3, 0.4) is 0 Å². The van der Waals surface area contributed by atoms with Gasteiger partial charge in [0.1, 0.15) is 29.0 Å². The van der Waals surface area contributed by atoms with Gasteiger partial charge in [-0.1, -0.05) is 6.07 Å². The van der Waals surface area contributed by atoms with Crippen molar-refractivity contribution in [2.45, 2.75) is 26.3 Å². The summed E-state index contributed by atoms with van der Waals surface area (Å²) in [5.41, 5.74) is -0.449. The van der Waals surface area contributed by atoms with Gasteiger partial charge in [0.15, 0.2) is 0 Å². The Labute approximate surface area is 160 Å². The topological polar surface area (TPSA) is 110 Å². The van der Waals surface area contributed by atoms with E-state index in [2.05, 4.69) is 21.5 Å². The van der Waals surface area contributed by atoms with E-state index in [-0.39, 0.29) is 16.8 Å². The highest BCUT2D eigenvalue weighted by atomic mass is 19.1. The second-order valence-electron chi connectivity index (χ2n) is 7.03. The normalized spacial score (nSPS) is 11.1. The van der Waals surface area contributed by atoms with Gasteiger partial charge in [-0.25, -0.2) is 9.67 Å². The number of benzene rings is 1. The van der Waals surface area contributed by atoms with E-state index in [0.717, 1.165) is 12.1 Å². The Morgan fingerprint density at radius 1 is 1.29 bits per heavy atom. The zero-order valence-electron chi connectivity index (χ0n) is 15.5. The molecule has 0 unspecified atom stereocenters. The number of nitrogens with zero attached hydrogens (tertiary/aromatic N) is 5. The van der Waals surface area contributed by atoms with Crippen LogP contribution < -0.4 is 5.32 Å². The summed E-state index contributed by atoms with van der Waals surface area (Å²) in [6.07, 6.45) is 1.61. The van der Waals surface area contributed by atoms with Crippen LogP contribution in [0, 0.1) is 27.3 Å². The van der Waals surface area contributed by atoms with Gasteiger partial charge in [-0.15, -0.1) is 0 Å². The number of rotatable bonds is 4. The maximum absolute atomic E-state index is 14.1. The first kappa shape index (κ1) is 19.0. The zero-order chi connectivity index (χ0) is 20.5. The molecule has 0 atom stereocenters. The van der Waals surface area contributed by atoms with Crippen molar-refractivity contribution in [1.82, 2.24) is 14.8 Å². The molecule has 0 radical (unpaired) electrons. The van der Waals surface area contributed by atoms with Crippen LogP contribution >= 0.6 is 0 Å². The zero-order valence-corrected chi connectivity index (χ0v) is 15.5. The minimum absolute atomic E-state index is 0.189. The molecule has 1 aromatic carbocycles. The average molecular weight is 380 g/mol. The van der Waals surface area contributed by atoms with E-state index in [1.54, 1.807) is 29.1 Å². The number of halogens is 1. The number of nitro groups is 1. The molecular formula is C19H17FN6O2. The smallest absolute Gasteiger partial charge is 0.304 e. The standard InChI is InChI=1S/C19H17FN6O2/c1-19(2,3)25-18(23-16-6-4-5-9-22-16)13(11-21)17(24-25)12-7-8-15(26(27)28)14(20)10-12/h4-10H,1-3H3,(H,22,23). The van der Waals surface area contributed by atoms with E-state index < -0.39 is 22.0 Å². The van der Waals surface area contributed by atoms with E-state index in [1.165, 1.54) is 6.07 Å². The lowest BCUT2D eigenvalue weighted by molar-refractivity contribution is -0.387. The number of nitrogens with one attached hydrogen (secondary N) is 1. The number of pyridine rings is 1. The predicted molar refractivity (Wildman–Crippen MR) is 102 cm³/mol. The van der Waals surface area contributed by atoms with Crippen LogP contribution in [-0.4, -0.2) is 19.7 Å². The lowest BCUT2D eigenvalue weighted by Crippen LogP contribution is -2.24. The van der Waals surface area contributed by atoms with Crippen molar-refractivity contribution in [1.29, 1.82) is 5.26 Å². The highest BCUT2D eigenvalue weighted by molar-refractivity contribution is 5.76. The number of nitriles is 1. The number of hydrogen-bond donors (Lipinski definition) is 1. The Bertz CT molecular complexity index is 1080. The van der Waals surface area contributed by atoms with Gasteiger partial charge >= 0.3 is 5.69 Å². The molecule has 142 valence electrons. The van der Waals surface area contributed by atoms with Gasteiger partial charge in [0.05, 0.1) is 10.5 Å². The molecular weight excluding hydrogens is 363 g/mol. The minimum atomic E-state index is -0.990. The van der Waals surface area contributed by atoms with E-state index in [4.69, 9.17) is 0 Å². The number of nitro benzene ring substituents is 1. The first-order chi connectivity index (χ1) is 13.2. The minimum Gasteiger partial charge on any atom is -0.324 e. The fourth-order valence-electron chi connectivity index (χ4n) is 2.69. The Morgan fingerprint density at radius 3 is 2.57 bits per heavy atom. The third-order valence-corrected chi connectivity index (χ3v) is 3.96. The quantitative estimate of drug-likeness (QED) is 0.532. The monoisotopic (exact) mass is 380 g/mol. The maximum atomic E-state index is 14.1. The van der Waals surface area contributed by atoms with E-state index >= 15 is 0 Å². The van der Waals surface area contributed by atoms with E-state index in [0.29, 0.717) is 11.6 Å². The van der Waals surface area contributed by atoms with Gasteiger partial charge in [0, 0.05) is 17.8 Å². The van der Waals surface area contributed by atoms with Gasteiger partial charge in [0.2, 0.25) is 5.82 Å². The average Bonchev–Trinajstić information content (AvgIpc) is 3.00. The van der Waals surface area contributed by atoms with Crippen molar-refractivity contribution in [3.63, 3.8) is 0 Å². The molecule has 2 aromatic heterocycles. The maximum Gasteiger partial charge on any atom is 0.304 e. The summed E-state index contributed by atoms with van der Waals surface area (Å²) in [4.78, 5) is 14.3. The van der Waals surface area contributed by atoms with Crippen LogP contribution in [-0.2, 0) is 5.54 Å². The Kier molecular flexibility index (Phi) is 4.79. The van der Waals surface area contributed by atoms with Crippen molar-refractivity contribution in [3.05, 3.63) is 64.1 Å². The SMILES string of the molecule is CC(C)(C)n1nc(-c2ccc([N+](=O)[O-])c(F)c2)c(C#N)c1Nc1ccccn1. The molecule has 0 fully saturated rings. The van der Waals surface area contributed by atoms with Crippen molar-refractivity contribution in [2.75, 3.05) is 5.32 Å². The summed E-state index contributed by atoms with van der Waals surface area (Å²) < 4.78 is 15.7. The Hall–Kier alpha value is -3.80. The highest BCUT2D eigenvalue weighted by Crippen LogP contribution is 2.35. The van der Waals surface area contributed by atoms with Gasteiger partial charge < -0.3 is 5.32 Å². The van der Waals surface area contributed by atoms with Crippen LogP contribution in [0.15, 0.2) is 42.6 Å². The van der Waals surface area contributed by atoms with Crippen molar-refractivity contribution < 1.29 is 9.31 Å². The molecule has 0 saturated heterocycles. The van der Waals surface area contributed by atoms with Gasteiger partial charge in [-0.05, 0) is 45.0 Å². The third-order valence-electron chi connectivity index (χ3n) is 3.96. The molecule has 8 nitrogen and oxygen atoms in total. The molecule has 0 aliphatic heterocycles. The molecule has 0 saturated carbocycles. The van der Waals surface area contributed by atoms with Gasteiger partial charge in [0.25, 0.3) is 0 Å². The molecule has 3 rings (SSSR count). The molecule has 0 aliphatic carbocycles. The molecule has 0 aliphatic rings. The molecule has 1 N–H and O–H groups in total. The number of hydrogen-bond acceptors (Lipinski definition) is 6. The molecule has 0 amide bonds. The van der Waals surface area contributed by atoms with Crippen LogP contribution in [0.1, 0.15) is 26.3 Å². The third kappa shape index (κ3) is 3.53. The summed E-state index contributed by atoms with van der Waals surface area (Å²) in [6.45, 7) is 5.72. The second-order valence-corrected chi connectivity index (χ2v) is 7.03. The molecule has 28 heavy (non-hydrogen) atoms. The van der Waals surface area contributed by atoms with Gasteiger partial charge in [-0.3, -0.25) is 10.1 Å². The van der Waals surface area contributed by atoms with Crippen molar-refractivity contribution in [2.24, 2.45) is 0 Å². The largest absolute Gasteiger partial charge is 0.324 e. The lowest BCUT2D eigenvalue weighted by Gasteiger charge is -2.22. The van der Waals surface area contributed by atoms with Crippen LogP contribution in [0.2, 0.25) is 0 Å². The predicted octanol–water partition coefficient (Wildman–Crippen LogP) is 4.36. The number of aromatic nitrogens is 3. The lowest BCUT2D eigenvalue weighted by atomic mass is 10.1. The first-order valence-corrected chi connectivity index (χ1v) is 8.38. The fourth-order valence-corrected chi connectivity index (χ4v) is 2.69. The van der Waals surface area contributed by atoms with Crippen molar-refractivity contribution in [3.8, 4) is 17.3 Å². The van der Waals surface area contributed by atoms with Crippen LogP contribution in [0.25, 0.3) is 11.3 Å². The van der Waals surface area contributed by atoms with Crippen molar-refractivity contribution >= 4 is 17.3 Å². The Balaban J connectivity index is 2.19. The molecule has 0 spiro atoms. The summed E-state index contributed by atoms with van der Waals surface area (Å²) in [5.74, 6) is -0.0655. The van der Waals surface area contributed by atoms with Gasteiger partial charge in [-0.2, -0.15) is 14.8 Å². The summed E-state index contributed by atoms with van der Waals surface area (Å²) >= 11 is 0. The number of anilines is 2. The summed E-state index contributed by atoms with van der Waals surface area (Å²) in [6, 6.07) is 10.9. The fraction of sp³-hybridized carbons (Fsp3) is 0.211. The summed E-state index contributed by atoms with van der Waals surface area (Å²) in [5, 5.41) is 28.2. The molecule has 3 aromatic rings. The summed E-state index contributed by atoms with van der Waals surface area (Å²) in [7, 11) is 0.